The van der Waals surface area contributed by atoms with Crippen molar-refractivity contribution < 1.29 is 4.74 Å². The number of halogens is 2. The minimum atomic E-state index is 0.0219. The molecule has 0 atom stereocenters. The average Bonchev–Trinajstić information content (AvgIpc) is 2.39. The summed E-state index contributed by atoms with van der Waals surface area (Å²) in [5, 5.41) is 4.15. The molecule has 0 aliphatic rings. The van der Waals surface area contributed by atoms with Gasteiger partial charge in [-0.05, 0) is 57.2 Å². The highest BCUT2D eigenvalue weighted by Gasteiger charge is 2.14. The normalized spacial score (nSPS) is 11.5. The summed E-state index contributed by atoms with van der Waals surface area (Å²) in [6.45, 7) is 7.03. The highest BCUT2D eigenvalue weighted by atomic mass is 79.9. The molecule has 0 fully saturated rings. The van der Waals surface area contributed by atoms with E-state index in [-0.39, 0.29) is 5.54 Å². The molecule has 0 aromatic heterocycles. The van der Waals surface area contributed by atoms with Crippen molar-refractivity contribution in [2.24, 2.45) is 0 Å². The molecule has 0 saturated heterocycles. The van der Waals surface area contributed by atoms with Gasteiger partial charge in [0.25, 0.3) is 0 Å². The fourth-order valence-corrected chi connectivity index (χ4v) is 2.29. The quantitative estimate of drug-likeness (QED) is 0.738. The lowest BCUT2D eigenvalue weighted by Gasteiger charge is -2.22. The van der Waals surface area contributed by atoms with Crippen LogP contribution < -0.4 is 10.1 Å². The van der Waals surface area contributed by atoms with E-state index in [1.807, 2.05) is 42.5 Å². The van der Waals surface area contributed by atoms with Crippen LogP contribution in [0.1, 0.15) is 26.3 Å². The second-order valence-corrected chi connectivity index (χ2v) is 7.20. The predicted octanol–water partition coefficient (Wildman–Crippen LogP) is 5.78. The smallest absolute Gasteiger partial charge is 0.133 e. The van der Waals surface area contributed by atoms with Gasteiger partial charge in [-0.1, -0.05) is 33.6 Å². The van der Waals surface area contributed by atoms with Crippen molar-refractivity contribution in [3.8, 4) is 11.5 Å². The van der Waals surface area contributed by atoms with Crippen molar-refractivity contribution in [2.45, 2.75) is 32.9 Å². The lowest BCUT2D eigenvalue weighted by molar-refractivity contribution is 0.414. The van der Waals surface area contributed by atoms with Crippen LogP contribution in [-0.2, 0) is 6.54 Å². The summed E-state index contributed by atoms with van der Waals surface area (Å²) in [7, 11) is 0. The first-order valence-corrected chi connectivity index (χ1v) is 7.98. The molecule has 2 rings (SSSR count). The first kappa shape index (κ1) is 16.3. The van der Waals surface area contributed by atoms with E-state index in [1.165, 1.54) is 0 Å². The number of hydrogen-bond donors (Lipinski definition) is 1. The predicted molar refractivity (Wildman–Crippen MR) is 92.3 cm³/mol. The van der Waals surface area contributed by atoms with Gasteiger partial charge in [0.1, 0.15) is 11.5 Å². The Morgan fingerprint density at radius 1 is 1.10 bits per heavy atom. The first-order valence-electron chi connectivity index (χ1n) is 6.81. The third-order valence-corrected chi connectivity index (χ3v) is 3.80. The highest BCUT2D eigenvalue weighted by Crippen LogP contribution is 2.31. The monoisotopic (exact) mass is 367 g/mol. The van der Waals surface area contributed by atoms with Crippen molar-refractivity contribution >= 4 is 27.5 Å². The first-order chi connectivity index (χ1) is 9.85. The maximum atomic E-state index is 6.32. The van der Waals surface area contributed by atoms with Crippen LogP contribution in [0.15, 0.2) is 46.9 Å². The molecule has 2 aromatic rings. The Hall–Kier alpha value is -1.03. The summed E-state index contributed by atoms with van der Waals surface area (Å²) >= 11 is 9.74. The van der Waals surface area contributed by atoms with Crippen LogP contribution in [0.4, 0.5) is 0 Å². The fourth-order valence-electron chi connectivity index (χ4n) is 1.79. The molecule has 4 heteroatoms. The van der Waals surface area contributed by atoms with Crippen molar-refractivity contribution in [3.05, 3.63) is 57.5 Å². The van der Waals surface area contributed by atoms with E-state index in [9.17, 15) is 0 Å². The van der Waals surface area contributed by atoms with Crippen LogP contribution in [0.3, 0.4) is 0 Å². The zero-order valence-corrected chi connectivity index (χ0v) is 14.8. The Kier molecular flexibility index (Phi) is 5.31. The molecule has 0 saturated carbocycles. The molecule has 0 unspecified atom stereocenters. The van der Waals surface area contributed by atoms with Gasteiger partial charge in [-0.3, -0.25) is 0 Å². The molecular formula is C17H19BrClNO. The van der Waals surface area contributed by atoms with Crippen molar-refractivity contribution in [1.29, 1.82) is 0 Å². The van der Waals surface area contributed by atoms with Crippen LogP contribution in [0.5, 0.6) is 11.5 Å². The average molecular weight is 369 g/mol. The Morgan fingerprint density at radius 3 is 2.38 bits per heavy atom. The maximum absolute atomic E-state index is 6.32. The lowest BCUT2D eigenvalue weighted by Crippen LogP contribution is -2.35. The van der Waals surface area contributed by atoms with Gasteiger partial charge in [-0.25, -0.2) is 0 Å². The SMILES string of the molecule is CC(C)(C)NCc1c(Cl)cccc1Oc1ccc(Br)cc1. The molecule has 2 aromatic carbocycles. The summed E-state index contributed by atoms with van der Waals surface area (Å²) < 4.78 is 6.99. The third-order valence-electron chi connectivity index (χ3n) is 2.91. The zero-order valence-electron chi connectivity index (χ0n) is 12.4. The van der Waals surface area contributed by atoms with E-state index in [0.717, 1.165) is 21.5 Å². The van der Waals surface area contributed by atoms with Crippen LogP contribution in [0.25, 0.3) is 0 Å². The van der Waals surface area contributed by atoms with E-state index in [4.69, 9.17) is 16.3 Å². The maximum Gasteiger partial charge on any atom is 0.133 e. The Balaban J connectivity index is 2.22. The molecule has 2 nitrogen and oxygen atoms in total. The van der Waals surface area contributed by atoms with Gasteiger partial charge in [-0.2, -0.15) is 0 Å². The number of rotatable bonds is 4. The summed E-state index contributed by atoms with van der Waals surface area (Å²) in [4.78, 5) is 0. The topological polar surface area (TPSA) is 21.3 Å². The van der Waals surface area contributed by atoms with E-state index in [0.29, 0.717) is 11.6 Å². The molecule has 1 N–H and O–H groups in total. The minimum Gasteiger partial charge on any atom is -0.457 e. The van der Waals surface area contributed by atoms with Crippen LogP contribution in [0.2, 0.25) is 5.02 Å². The van der Waals surface area contributed by atoms with Gasteiger partial charge >= 0.3 is 0 Å². The van der Waals surface area contributed by atoms with E-state index in [1.54, 1.807) is 0 Å². The largest absolute Gasteiger partial charge is 0.457 e. The fraction of sp³-hybridized carbons (Fsp3) is 0.294. The van der Waals surface area contributed by atoms with Gasteiger partial charge in [0.2, 0.25) is 0 Å². The molecule has 0 amide bonds. The van der Waals surface area contributed by atoms with Crippen LogP contribution >= 0.6 is 27.5 Å². The zero-order chi connectivity index (χ0) is 15.5. The highest BCUT2D eigenvalue weighted by molar-refractivity contribution is 9.10. The second kappa shape index (κ2) is 6.82. The second-order valence-electron chi connectivity index (χ2n) is 5.88. The standard InChI is InChI=1S/C17H19BrClNO/c1-17(2,3)20-11-14-15(19)5-4-6-16(14)21-13-9-7-12(18)8-10-13/h4-10,20H,11H2,1-3H3. The van der Waals surface area contributed by atoms with E-state index >= 15 is 0 Å². The molecule has 0 bridgehead atoms. The Bertz CT molecular complexity index is 605. The summed E-state index contributed by atoms with van der Waals surface area (Å²) in [6, 6.07) is 13.5. The summed E-state index contributed by atoms with van der Waals surface area (Å²) in [6.07, 6.45) is 0. The van der Waals surface area contributed by atoms with E-state index in [2.05, 4.69) is 42.0 Å². The lowest BCUT2D eigenvalue weighted by atomic mass is 10.1. The van der Waals surface area contributed by atoms with Crippen molar-refractivity contribution in [2.75, 3.05) is 0 Å². The van der Waals surface area contributed by atoms with Crippen molar-refractivity contribution in [3.63, 3.8) is 0 Å². The Labute approximate surface area is 139 Å². The molecule has 21 heavy (non-hydrogen) atoms. The third kappa shape index (κ3) is 5.03. The van der Waals surface area contributed by atoms with Gasteiger partial charge in [0, 0.05) is 27.1 Å². The van der Waals surface area contributed by atoms with Gasteiger partial charge in [0.05, 0.1) is 0 Å². The molecule has 112 valence electrons. The van der Waals surface area contributed by atoms with Gasteiger partial charge in [-0.15, -0.1) is 0 Å². The molecule has 0 heterocycles. The van der Waals surface area contributed by atoms with Gasteiger partial charge < -0.3 is 10.1 Å². The van der Waals surface area contributed by atoms with E-state index < -0.39 is 0 Å². The molecule has 0 radical (unpaired) electrons. The number of hydrogen-bond acceptors (Lipinski definition) is 2. The van der Waals surface area contributed by atoms with Crippen LogP contribution in [-0.4, -0.2) is 5.54 Å². The molecular weight excluding hydrogens is 350 g/mol. The summed E-state index contributed by atoms with van der Waals surface area (Å²) in [5.74, 6) is 1.57. The Morgan fingerprint density at radius 2 is 1.76 bits per heavy atom. The summed E-state index contributed by atoms with van der Waals surface area (Å²) in [5.41, 5.74) is 0.991. The molecule has 0 aliphatic heterocycles. The molecule has 0 spiro atoms. The molecule has 0 aliphatic carbocycles. The number of ether oxygens (including phenoxy) is 1. The van der Waals surface area contributed by atoms with Gasteiger partial charge in [0.15, 0.2) is 0 Å². The number of nitrogens with one attached hydrogen (secondary N) is 1. The van der Waals surface area contributed by atoms with Crippen LogP contribution in [0, 0.1) is 0 Å². The minimum absolute atomic E-state index is 0.0219. The van der Waals surface area contributed by atoms with Crippen molar-refractivity contribution in [1.82, 2.24) is 5.32 Å². The number of benzene rings is 2.